The van der Waals surface area contributed by atoms with Gasteiger partial charge in [-0.15, -0.1) is 0 Å². The van der Waals surface area contributed by atoms with Gasteiger partial charge in [-0.3, -0.25) is 4.79 Å². The third kappa shape index (κ3) is 4.68. The van der Waals surface area contributed by atoms with Crippen LogP contribution in [0.4, 0.5) is 0 Å². The van der Waals surface area contributed by atoms with Crippen molar-refractivity contribution in [2.75, 3.05) is 32.8 Å². The number of fused-ring (bicyclic) bond motifs is 1. The van der Waals surface area contributed by atoms with Gasteiger partial charge in [-0.25, -0.2) is 8.42 Å². The molecule has 2 aromatic carbocycles. The third-order valence-corrected chi connectivity index (χ3v) is 8.11. The smallest absolute Gasteiger partial charge is 0.254 e. The first-order chi connectivity index (χ1) is 15.0. The molecule has 1 heterocycles. The largest absolute Gasteiger partial charge is 0.379 e. The van der Waals surface area contributed by atoms with Crippen LogP contribution >= 0.6 is 0 Å². The summed E-state index contributed by atoms with van der Waals surface area (Å²) in [6.45, 7) is 4.31. The summed E-state index contributed by atoms with van der Waals surface area (Å²) in [4.78, 5) is 15.6. The molecular formula is C24H30N2O4S. The van der Waals surface area contributed by atoms with Crippen LogP contribution in [0.15, 0.2) is 53.4 Å². The van der Waals surface area contributed by atoms with Gasteiger partial charge in [0.2, 0.25) is 10.0 Å². The van der Waals surface area contributed by atoms with Gasteiger partial charge in [0, 0.05) is 31.2 Å². The molecule has 31 heavy (non-hydrogen) atoms. The molecule has 0 N–H and O–H groups in total. The fourth-order valence-corrected chi connectivity index (χ4v) is 5.91. The molecule has 0 aromatic heterocycles. The van der Waals surface area contributed by atoms with E-state index in [0.29, 0.717) is 38.4 Å². The summed E-state index contributed by atoms with van der Waals surface area (Å²) in [6.07, 6.45) is 3.68. The van der Waals surface area contributed by atoms with Gasteiger partial charge in [0.15, 0.2) is 0 Å². The van der Waals surface area contributed by atoms with Gasteiger partial charge in [-0.1, -0.05) is 31.2 Å². The lowest BCUT2D eigenvalue weighted by molar-refractivity contribution is 0.0661. The number of ether oxygens (including phenoxy) is 1. The fourth-order valence-electron chi connectivity index (χ4n) is 4.51. The van der Waals surface area contributed by atoms with Crippen molar-refractivity contribution in [1.29, 1.82) is 0 Å². The van der Waals surface area contributed by atoms with Crippen LogP contribution in [-0.2, 0) is 27.6 Å². The highest BCUT2D eigenvalue weighted by Gasteiger charge is 2.29. The number of carbonyl (C=O) groups is 1. The molecule has 1 fully saturated rings. The highest BCUT2D eigenvalue weighted by molar-refractivity contribution is 7.89. The lowest BCUT2D eigenvalue weighted by Crippen LogP contribution is -2.44. The molecule has 1 amide bonds. The Hall–Kier alpha value is -2.22. The van der Waals surface area contributed by atoms with Crippen molar-refractivity contribution >= 4 is 15.9 Å². The first-order valence-electron chi connectivity index (χ1n) is 11.1. The van der Waals surface area contributed by atoms with Gasteiger partial charge in [-0.05, 0) is 61.1 Å². The number of hydrogen-bond donors (Lipinski definition) is 0. The first kappa shape index (κ1) is 22.0. The predicted molar refractivity (Wildman–Crippen MR) is 120 cm³/mol. The second-order valence-electron chi connectivity index (χ2n) is 8.20. The Kier molecular flexibility index (Phi) is 6.74. The summed E-state index contributed by atoms with van der Waals surface area (Å²) in [6, 6.07) is 15.0. The number of morpholine rings is 1. The minimum atomic E-state index is -3.56. The van der Waals surface area contributed by atoms with Gasteiger partial charge in [0.05, 0.1) is 18.1 Å². The van der Waals surface area contributed by atoms with Gasteiger partial charge in [-0.2, -0.15) is 4.31 Å². The second kappa shape index (κ2) is 9.51. The lowest BCUT2D eigenvalue weighted by atomic mass is 9.87. The number of sulfonamides is 1. The van der Waals surface area contributed by atoms with E-state index >= 15 is 0 Å². The number of rotatable bonds is 6. The van der Waals surface area contributed by atoms with Crippen LogP contribution in [0.5, 0.6) is 0 Å². The Morgan fingerprint density at radius 2 is 1.74 bits per heavy atom. The van der Waals surface area contributed by atoms with Gasteiger partial charge < -0.3 is 9.64 Å². The average Bonchev–Trinajstić information content (AvgIpc) is 2.82. The Bertz CT molecular complexity index is 1010. The molecule has 0 saturated carbocycles. The number of amides is 1. The molecule has 2 aromatic rings. The zero-order chi connectivity index (χ0) is 21.8. The van der Waals surface area contributed by atoms with E-state index in [4.69, 9.17) is 4.74 Å². The van der Waals surface area contributed by atoms with Crippen LogP contribution in [0.1, 0.15) is 41.3 Å². The molecule has 4 rings (SSSR count). The highest BCUT2D eigenvalue weighted by Crippen LogP contribution is 2.26. The Balaban J connectivity index is 1.52. The molecule has 1 saturated heterocycles. The van der Waals surface area contributed by atoms with Crippen molar-refractivity contribution in [2.45, 2.75) is 43.5 Å². The van der Waals surface area contributed by atoms with E-state index in [-0.39, 0.29) is 16.8 Å². The van der Waals surface area contributed by atoms with Crippen LogP contribution in [0.2, 0.25) is 0 Å². The summed E-state index contributed by atoms with van der Waals surface area (Å²) in [5, 5.41) is 0. The maximum atomic E-state index is 13.4. The van der Waals surface area contributed by atoms with Gasteiger partial charge in [0.1, 0.15) is 0 Å². The number of benzene rings is 2. The van der Waals surface area contributed by atoms with E-state index in [2.05, 4.69) is 31.2 Å². The monoisotopic (exact) mass is 442 g/mol. The van der Waals surface area contributed by atoms with Crippen molar-refractivity contribution in [1.82, 2.24) is 9.21 Å². The minimum absolute atomic E-state index is 0.0263. The molecule has 1 unspecified atom stereocenters. The maximum Gasteiger partial charge on any atom is 0.254 e. The van der Waals surface area contributed by atoms with E-state index in [1.165, 1.54) is 15.4 Å². The van der Waals surface area contributed by atoms with Gasteiger partial charge >= 0.3 is 0 Å². The first-order valence-corrected chi connectivity index (χ1v) is 12.5. The summed E-state index contributed by atoms with van der Waals surface area (Å²) in [5.74, 6) is -0.0263. The number of hydrogen-bond acceptors (Lipinski definition) is 4. The molecular weight excluding hydrogens is 412 g/mol. The normalized spacial score (nSPS) is 19.6. The van der Waals surface area contributed by atoms with Crippen LogP contribution in [0, 0.1) is 0 Å². The summed E-state index contributed by atoms with van der Waals surface area (Å²) >= 11 is 0. The zero-order valence-corrected chi connectivity index (χ0v) is 18.8. The van der Waals surface area contributed by atoms with Crippen LogP contribution < -0.4 is 0 Å². The molecule has 6 nitrogen and oxygen atoms in total. The molecule has 0 radical (unpaired) electrons. The second-order valence-corrected chi connectivity index (χ2v) is 10.1. The molecule has 1 aliphatic carbocycles. The third-order valence-electron chi connectivity index (χ3n) is 6.20. The SMILES string of the molecule is CCCN(C(=O)c1ccc(S(=O)(=O)N2CCOCC2)cc1)C1CCc2ccccc2C1. The van der Waals surface area contributed by atoms with Crippen molar-refractivity contribution in [3.8, 4) is 0 Å². The predicted octanol–water partition coefficient (Wildman–Crippen LogP) is 3.12. The van der Waals surface area contributed by atoms with E-state index in [1.807, 2.05) is 4.90 Å². The Morgan fingerprint density at radius 1 is 1.06 bits per heavy atom. The highest BCUT2D eigenvalue weighted by atomic mass is 32.2. The topological polar surface area (TPSA) is 66.9 Å². The molecule has 7 heteroatoms. The minimum Gasteiger partial charge on any atom is -0.379 e. The molecule has 166 valence electrons. The van der Waals surface area contributed by atoms with E-state index in [9.17, 15) is 13.2 Å². The molecule has 0 bridgehead atoms. The van der Waals surface area contributed by atoms with Crippen LogP contribution in [0.25, 0.3) is 0 Å². The zero-order valence-electron chi connectivity index (χ0n) is 18.0. The maximum absolute atomic E-state index is 13.4. The molecule has 1 aliphatic heterocycles. The van der Waals surface area contributed by atoms with Crippen molar-refractivity contribution in [2.24, 2.45) is 0 Å². The Labute approximate surface area is 184 Å². The van der Waals surface area contributed by atoms with Gasteiger partial charge in [0.25, 0.3) is 5.91 Å². The summed E-state index contributed by atoms with van der Waals surface area (Å²) in [5.41, 5.74) is 3.23. The van der Waals surface area contributed by atoms with E-state index in [1.54, 1.807) is 24.3 Å². The number of aryl methyl sites for hydroxylation is 1. The van der Waals surface area contributed by atoms with E-state index < -0.39 is 10.0 Å². The number of nitrogens with zero attached hydrogens (tertiary/aromatic N) is 2. The molecule has 2 aliphatic rings. The molecule has 1 atom stereocenters. The van der Waals surface area contributed by atoms with Crippen molar-refractivity contribution < 1.29 is 17.9 Å². The summed E-state index contributed by atoms with van der Waals surface area (Å²) in [7, 11) is -3.56. The van der Waals surface area contributed by atoms with Crippen molar-refractivity contribution in [3.63, 3.8) is 0 Å². The van der Waals surface area contributed by atoms with E-state index in [0.717, 1.165) is 25.7 Å². The quantitative estimate of drug-likeness (QED) is 0.689. The standard InChI is InChI=1S/C24H30N2O4S/c1-2-13-26(22-10-7-19-5-3-4-6-21(19)18-22)24(27)20-8-11-23(12-9-20)31(28,29)25-14-16-30-17-15-25/h3-6,8-9,11-12,22H,2,7,10,13-18H2,1H3. The Morgan fingerprint density at radius 3 is 2.42 bits per heavy atom. The number of carbonyl (C=O) groups excluding carboxylic acids is 1. The lowest BCUT2D eigenvalue weighted by Gasteiger charge is -2.35. The summed E-state index contributed by atoms with van der Waals surface area (Å²) < 4.78 is 32.4. The van der Waals surface area contributed by atoms with Crippen LogP contribution in [0.3, 0.4) is 0 Å². The average molecular weight is 443 g/mol. The van der Waals surface area contributed by atoms with Crippen molar-refractivity contribution in [3.05, 3.63) is 65.2 Å². The fraction of sp³-hybridized carbons (Fsp3) is 0.458. The molecule has 0 spiro atoms. The van der Waals surface area contributed by atoms with Crippen LogP contribution in [-0.4, -0.2) is 62.4 Å².